The minimum absolute atomic E-state index is 0.135. The fraction of sp³-hybridized carbons (Fsp3) is 0.269. The summed E-state index contributed by atoms with van der Waals surface area (Å²) in [6.07, 6.45) is 2.76. The summed E-state index contributed by atoms with van der Waals surface area (Å²) < 4.78 is 16.6. The van der Waals surface area contributed by atoms with Crippen molar-refractivity contribution >= 4 is 22.5 Å². The summed E-state index contributed by atoms with van der Waals surface area (Å²) >= 11 is 6.27. The van der Waals surface area contributed by atoms with Gasteiger partial charge in [-0.25, -0.2) is 9.37 Å². The standard InChI is InChI=1S/C26H24ClFN4O/c27-21-7-1-2-9-25(21)32-17-29-23-11-10-18(14-20(23)26(32)33)15-22(28)24-8-5-6-19(30-24)16-31-12-3-4-13-31/h1-2,5-11,14,17,22H,3-4,12-13,15-16H2. The van der Waals surface area contributed by atoms with Gasteiger partial charge in [0.1, 0.15) is 12.5 Å². The molecule has 1 aliphatic heterocycles. The van der Waals surface area contributed by atoms with Gasteiger partial charge in [-0.05, 0) is 67.9 Å². The third-order valence-electron chi connectivity index (χ3n) is 6.08. The second-order valence-electron chi connectivity index (χ2n) is 8.43. The fourth-order valence-electron chi connectivity index (χ4n) is 4.36. The maximum atomic E-state index is 15.2. The SMILES string of the molecule is O=c1c2cc(CC(F)c3cccc(CN4CCCC4)n3)ccc2ncn1-c1ccccc1Cl. The van der Waals surface area contributed by atoms with E-state index in [0.717, 1.165) is 30.9 Å². The van der Waals surface area contributed by atoms with E-state index in [1.165, 1.54) is 23.7 Å². The van der Waals surface area contributed by atoms with Gasteiger partial charge in [-0.1, -0.05) is 35.9 Å². The minimum atomic E-state index is -1.26. The Bertz CT molecular complexity index is 1350. The van der Waals surface area contributed by atoms with Gasteiger partial charge < -0.3 is 0 Å². The Balaban J connectivity index is 1.40. The summed E-state index contributed by atoms with van der Waals surface area (Å²) in [6.45, 7) is 2.90. The second kappa shape index (κ2) is 9.41. The van der Waals surface area contributed by atoms with E-state index in [0.29, 0.717) is 27.3 Å². The van der Waals surface area contributed by atoms with E-state index in [4.69, 9.17) is 11.6 Å². The molecule has 1 aliphatic rings. The van der Waals surface area contributed by atoms with E-state index in [9.17, 15) is 4.79 Å². The number of halogens is 2. The zero-order chi connectivity index (χ0) is 22.8. The number of alkyl halides is 1. The minimum Gasteiger partial charge on any atom is -0.298 e. The van der Waals surface area contributed by atoms with Crippen LogP contribution in [0.25, 0.3) is 16.6 Å². The Morgan fingerprint density at radius 2 is 1.85 bits per heavy atom. The van der Waals surface area contributed by atoms with Crippen molar-refractivity contribution in [3.8, 4) is 5.69 Å². The molecular weight excluding hydrogens is 439 g/mol. The van der Waals surface area contributed by atoms with E-state index in [1.54, 1.807) is 36.4 Å². The highest BCUT2D eigenvalue weighted by atomic mass is 35.5. The first-order valence-corrected chi connectivity index (χ1v) is 11.5. The molecule has 0 N–H and O–H groups in total. The van der Waals surface area contributed by atoms with E-state index in [1.807, 2.05) is 24.3 Å². The van der Waals surface area contributed by atoms with Crippen LogP contribution in [0, 0.1) is 0 Å². The molecule has 168 valence electrons. The Hall–Kier alpha value is -3.09. The molecule has 1 saturated heterocycles. The summed E-state index contributed by atoms with van der Waals surface area (Å²) in [4.78, 5) is 24.5. The molecule has 1 unspecified atom stereocenters. The number of aromatic nitrogens is 3. The van der Waals surface area contributed by atoms with E-state index in [2.05, 4.69) is 14.9 Å². The van der Waals surface area contributed by atoms with Crippen molar-refractivity contribution in [2.75, 3.05) is 13.1 Å². The predicted octanol–water partition coefficient (Wildman–Crippen LogP) is 5.28. The highest BCUT2D eigenvalue weighted by molar-refractivity contribution is 6.32. The van der Waals surface area contributed by atoms with Crippen molar-refractivity contribution in [2.45, 2.75) is 32.0 Å². The molecule has 0 spiro atoms. The lowest BCUT2D eigenvalue weighted by Crippen LogP contribution is -2.19. The summed E-state index contributed by atoms with van der Waals surface area (Å²) in [5, 5.41) is 0.887. The van der Waals surface area contributed by atoms with Crippen LogP contribution in [0.4, 0.5) is 4.39 Å². The van der Waals surface area contributed by atoms with Crippen LogP contribution in [0.3, 0.4) is 0 Å². The van der Waals surface area contributed by atoms with Crippen LogP contribution in [-0.4, -0.2) is 32.5 Å². The van der Waals surface area contributed by atoms with Crippen LogP contribution < -0.4 is 5.56 Å². The first kappa shape index (κ1) is 21.7. The Morgan fingerprint density at radius 3 is 2.67 bits per heavy atom. The van der Waals surface area contributed by atoms with Gasteiger partial charge in [0.25, 0.3) is 5.56 Å². The lowest BCUT2D eigenvalue weighted by Gasteiger charge is -2.15. The van der Waals surface area contributed by atoms with Crippen molar-refractivity contribution in [1.29, 1.82) is 0 Å². The van der Waals surface area contributed by atoms with Crippen molar-refractivity contribution in [3.63, 3.8) is 0 Å². The lowest BCUT2D eigenvalue weighted by atomic mass is 10.0. The monoisotopic (exact) mass is 462 g/mol. The number of hydrogen-bond donors (Lipinski definition) is 0. The molecule has 0 radical (unpaired) electrons. The number of nitrogens with zero attached hydrogens (tertiary/aromatic N) is 4. The van der Waals surface area contributed by atoms with Crippen molar-refractivity contribution < 1.29 is 4.39 Å². The summed E-state index contributed by atoms with van der Waals surface area (Å²) in [5.41, 5.74) is 2.92. The molecule has 7 heteroatoms. The summed E-state index contributed by atoms with van der Waals surface area (Å²) in [7, 11) is 0. The molecule has 5 nitrogen and oxygen atoms in total. The average Bonchev–Trinajstić information content (AvgIpc) is 3.33. The van der Waals surface area contributed by atoms with Gasteiger partial charge in [-0.15, -0.1) is 0 Å². The molecule has 1 atom stereocenters. The fourth-order valence-corrected chi connectivity index (χ4v) is 4.58. The van der Waals surface area contributed by atoms with Gasteiger partial charge in [0.2, 0.25) is 0 Å². The number of para-hydroxylation sites is 1. The quantitative estimate of drug-likeness (QED) is 0.391. The number of likely N-dealkylation sites (tertiary alicyclic amines) is 1. The van der Waals surface area contributed by atoms with Gasteiger partial charge in [0.15, 0.2) is 0 Å². The molecular formula is C26H24ClFN4O. The van der Waals surface area contributed by atoms with Crippen LogP contribution in [0.1, 0.15) is 36.0 Å². The van der Waals surface area contributed by atoms with Gasteiger partial charge in [-0.2, -0.15) is 0 Å². The molecule has 0 aliphatic carbocycles. The maximum Gasteiger partial charge on any atom is 0.265 e. The third-order valence-corrected chi connectivity index (χ3v) is 6.40. The topological polar surface area (TPSA) is 51.0 Å². The smallest absolute Gasteiger partial charge is 0.265 e. The van der Waals surface area contributed by atoms with Gasteiger partial charge in [0.05, 0.1) is 33.0 Å². The average molecular weight is 463 g/mol. The molecule has 0 bridgehead atoms. The largest absolute Gasteiger partial charge is 0.298 e. The Morgan fingerprint density at radius 1 is 1.03 bits per heavy atom. The second-order valence-corrected chi connectivity index (χ2v) is 8.84. The summed E-state index contributed by atoms with van der Waals surface area (Å²) in [6, 6.07) is 17.9. The van der Waals surface area contributed by atoms with E-state index in [-0.39, 0.29) is 12.0 Å². The molecule has 0 saturated carbocycles. The molecule has 5 rings (SSSR count). The highest BCUT2D eigenvalue weighted by Crippen LogP contribution is 2.24. The number of rotatable bonds is 6. The molecule has 2 aromatic carbocycles. The first-order valence-electron chi connectivity index (χ1n) is 11.2. The molecule has 1 fully saturated rings. The van der Waals surface area contributed by atoms with Crippen LogP contribution in [-0.2, 0) is 13.0 Å². The number of hydrogen-bond acceptors (Lipinski definition) is 4. The number of pyridine rings is 1. The zero-order valence-electron chi connectivity index (χ0n) is 18.1. The highest BCUT2D eigenvalue weighted by Gasteiger charge is 2.17. The first-order chi connectivity index (χ1) is 16.1. The molecule has 4 aromatic rings. The van der Waals surface area contributed by atoms with Gasteiger partial charge in [-0.3, -0.25) is 19.2 Å². The van der Waals surface area contributed by atoms with Crippen LogP contribution in [0.15, 0.2) is 71.8 Å². The van der Waals surface area contributed by atoms with Crippen molar-refractivity contribution in [1.82, 2.24) is 19.4 Å². The third kappa shape index (κ3) is 4.68. The van der Waals surface area contributed by atoms with Crippen molar-refractivity contribution in [3.05, 3.63) is 99.3 Å². The predicted molar refractivity (Wildman–Crippen MR) is 129 cm³/mol. The van der Waals surface area contributed by atoms with Gasteiger partial charge in [0, 0.05) is 13.0 Å². The van der Waals surface area contributed by atoms with Crippen LogP contribution in [0.2, 0.25) is 5.02 Å². The number of fused-ring (bicyclic) bond motifs is 1. The van der Waals surface area contributed by atoms with Gasteiger partial charge >= 0.3 is 0 Å². The summed E-state index contributed by atoms with van der Waals surface area (Å²) in [5.74, 6) is 0. The van der Waals surface area contributed by atoms with E-state index >= 15 is 4.39 Å². The zero-order valence-corrected chi connectivity index (χ0v) is 18.9. The number of benzene rings is 2. The molecule has 33 heavy (non-hydrogen) atoms. The lowest BCUT2D eigenvalue weighted by molar-refractivity contribution is 0.317. The van der Waals surface area contributed by atoms with Crippen molar-refractivity contribution in [2.24, 2.45) is 0 Å². The van der Waals surface area contributed by atoms with Crippen LogP contribution >= 0.6 is 11.6 Å². The van der Waals surface area contributed by atoms with E-state index < -0.39 is 6.17 Å². The van der Waals surface area contributed by atoms with Crippen LogP contribution in [0.5, 0.6) is 0 Å². The Kier molecular flexibility index (Phi) is 6.20. The Labute approximate surface area is 196 Å². The molecule has 3 heterocycles. The maximum absolute atomic E-state index is 15.2. The molecule has 0 amide bonds. The normalized spacial score (nSPS) is 15.2. The molecule has 2 aromatic heterocycles.